The quantitative estimate of drug-likeness (QED) is 0.148. The molecule has 0 spiro atoms. The molecule has 5 rings (SSSR count). The second kappa shape index (κ2) is 12.7. The van der Waals surface area contributed by atoms with E-state index in [1.807, 2.05) is 39.1 Å². The number of carbonyl (C=O) groups is 1. The fraction of sp³-hybridized carbons (Fsp3) is 0.375. The topological polar surface area (TPSA) is 128 Å². The largest absolute Gasteiger partial charge is 0.481 e. The number of halogens is 2. The number of amides is 1. The Bertz CT molecular complexity index is 1720. The smallest absolute Gasteiger partial charge is 0.407 e. The molecule has 1 aliphatic rings. The number of aliphatic imine (C=N–C) groups is 1. The molecule has 1 aliphatic carbocycles. The first-order valence-corrected chi connectivity index (χ1v) is 14.9. The second-order valence-corrected chi connectivity index (χ2v) is 12.2. The first-order valence-electron chi connectivity index (χ1n) is 14.5. The summed E-state index contributed by atoms with van der Waals surface area (Å²) in [5.41, 5.74) is 11.1. The molecule has 44 heavy (non-hydrogen) atoms. The number of alkyl carbamates (subject to hydrolysis) is 1. The minimum absolute atomic E-state index is 0.0117. The zero-order valence-electron chi connectivity index (χ0n) is 25.4. The maximum absolute atomic E-state index is 14.0. The Balaban J connectivity index is 1.53. The van der Waals surface area contributed by atoms with E-state index in [-0.39, 0.29) is 28.6 Å². The molecule has 4 aromatic rings. The van der Waals surface area contributed by atoms with Gasteiger partial charge in [0.1, 0.15) is 17.3 Å². The summed E-state index contributed by atoms with van der Waals surface area (Å²) < 4.78 is 26.6. The molecular weight excluding hydrogens is 585 g/mol. The van der Waals surface area contributed by atoms with Crippen molar-refractivity contribution in [3.05, 3.63) is 70.9 Å². The van der Waals surface area contributed by atoms with Crippen LogP contribution in [0, 0.1) is 5.82 Å². The molecule has 0 bridgehead atoms. The van der Waals surface area contributed by atoms with Gasteiger partial charge in [-0.15, -0.1) is 0 Å². The van der Waals surface area contributed by atoms with Gasteiger partial charge in [-0.05, 0) is 70.2 Å². The van der Waals surface area contributed by atoms with Gasteiger partial charge in [-0.25, -0.2) is 23.7 Å². The Morgan fingerprint density at radius 1 is 1.20 bits per heavy atom. The number of aryl methyl sites for hydroxylation is 1. The van der Waals surface area contributed by atoms with E-state index in [0.29, 0.717) is 23.6 Å². The molecular formula is C32H37ClFN7O3. The summed E-state index contributed by atoms with van der Waals surface area (Å²) in [4.78, 5) is 21.3. The summed E-state index contributed by atoms with van der Waals surface area (Å²) in [7, 11) is 1.59. The van der Waals surface area contributed by atoms with Crippen molar-refractivity contribution in [1.82, 2.24) is 19.9 Å². The molecule has 0 radical (unpaired) electrons. The van der Waals surface area contributed by atoms with E-state index in [9.17, 15) is 9.18 Å². The number of benzene rings is 1. The number of carbonyl (C=O) groups excluding carboxylic acids is 1. The zero-order chi connectivity index (χ0) is 31.6. The number of nitrogens with two attached hydrogens (primary N) is 1. The Morgan fingerprint density at radius 2 is 1.98 bits per heavy atom. The molecule has 4 N–H and O–H groups in total. The lowest BCUT2D eigenvalue weighted by atomic mass is 10.0. The van der Waals surface area contributed by atoms with Gasteiger partial charge in [0.05, 0.1) is 40.8 Å². The van der Waals surface area contributed by atoms with Gasteiger partial charge in [-0.3, -0.25) is 0 Å². The van der Waals surface area contributed by atoms with Crippen molar-refractivity contribution >= 4 is 40.4 Å². The van der Waals surface area contributed by atoms with Crippen molar-refractivity contribution in [3.63, 3.8) is 0 Å². The predicted octanol–water partition coefficient (Wildman–Crippen LogP) is 6.65. The average molecular weight is 622 g/mol. The molecule has 10 nitrogen and oxygen atoms in total. The standard InChI is InChI=1S/C32H37ClFN7O3/c1-6-18-12-28(43-5)36-15-23(18)19-11-27-29(38-21-8-9-22(14-21)39-31(42)44-32(2,3)4)24(16-37-41(27)17-19)30(35)40-26-13-20(34)7-10-25(26)33/h7,10-13,15-17,21-22,38H,6,8-9,14H2,1-5H3,(H2,35,40)(H,39,42)/t21-,22+/m1/s1. The van der Waals surface area contributed by atoms with Gasteiger partial charge < -0.3 is 25.8 Å². The lowest BCUT2D eigenvalue weighted by Gasteiger charge is -2.22. The van der Waals surface area contributed by atoms with Crippen molar-refractivity contribution < 1.29 is 18.7 Å². The lowest BCUT2D eigenvalue weighted by Crippen LogP contribution is -2.38. The molecule has 2 atom stereocenters. The van der Waals surface area contributed by atoms with Gasteiger partial charge >= 0.3 is 6.09 Å². The van der Waals surface area contributed by atoms with Gasteiger partial charge in [0.25, 0.3) is 0 Å². The van der Waals surface area contributed by atoms with Crippen molar-refractivity contribution in [3.8, 4) is 17.0 Å². The highest BCUT2D eigenvalue weighted by atomic mass is 35.5. The molecule has 0 aliphatic heterocycles. The SMILES string of the molecule is CCc1cc(OC)ncc1-c1cc2c(N[C@@H]3CC[C@H](NC(=O)OC(C)(C)C)C3)c(/C(N)=N/c3cc(F)ccc3Cl)cnn2c1. The zero-order valence-corrected chi connectivity index (χ0v) is 26.2. The van der Waals surface area contributed by atoms with Crippen LogP contribution in [-0.4, -0.2) is 51.3 Å². The van der Waals surface area contributed by atoms with Crippen LogP contribution in [-0.2, 0) is 11.2 Å². The molecule has 232 valence electrons. The first-order chi connectivity index (χ1) is 20.9. The van der Waals surface area contributed by atoms with E-state index in [2.05, 4.69) is 32.6 Å². The van der Waals surface area contributed by atoms with Crippen LogP contribution in [0.4, 0.5) is 20.6 Å². The van der Waals surface area contributed by atoms with Crippen LogP contribution < -0.4 is 21.1 Å². The summed E-state index contributed by atoms with van der Waals surface area (Å²) in [6, 6.07) is 7.84. The molecule has 1 saturated carbocycles. The maximum Gasteiger partial charge on any atom is 0.407 e. The van der Waals surface area contributed by atoms with Gasteiger partial charge in [-0.2, -0.15) is 5.10 Å². The fourth-order valence-electron chi connectivity index (χ4n) is 5.37. The number of amidine groups is 1. The van der Waals surface area contributed by atoms with Gasteiger partial charge in [0.15, 0.2) is 0 Å². The highest BCUT2D eigenvalue weighted by Crippen LogP contribution is 2.34. The first kappa shape index (κ1) is 31.1. The Hall–Kier alpha value is -4.38. The van der Waals surface area contributed by atoms with Crippen LogP contribution in [0.5, 0.6) is 5.88 Å². The molecule has 1 aromatic carbocycles. The molecule has 1 fully saturated rings. The van der Waals surface area contributed by atoms with E-state index in [1.165, 1.54) is 18.2 Å². The fourth-order valence-corrected chi connectivity index (χ4v) is 5.53. The maximum atomic E-state index is 14.0. The predicted molar refractivity (Wildman–Crippen MR) is 171 cm³/mol. The van der Waals surface area contributed by atoms with Crippen LogP contribution in [0.1, 0.15) is 58.1 Å². The molecule has 3 heterocycles. The Labute approximate surface area is 260 Å². The third-order valence-electron chi connectivity index (χ3n) is 7.43. The number of nitrogens with zero attached hydrogens (tertiary/aromatic N) is 4. The number of pyridine rings is 1. The van der Waals surface area contributed by atoms with E-state index in [0.717, 1.165) is 41.5 Å². The molecule has 1 amide bonds. The van der Waals surface area contributed by atoms with Crippen LogP contribution >= 0.6 is 11.6 Å². The number of hydrogen-bond acceptors (Lipinski definition) is 7. The average Bonchev–Trinajstić information content (AvgIpc) is 3.60. The van der Waals surface area contributed by atoms with Crippen molar-refractivity contribution in [2.45, 2.75) is 71.1 Å². The van der Waals surface area contributed by atoms with Crippen molar-refractivity contribution in [1.29, 1.82) is 0 Å². The number of hydrogen-bond donors (Lipinski definition) is 3. The summed E-state index contributed by atoms with van der Waals surface area (Å²) in [6.45, 7) is 7.58. The van der Waals surface area contributed by atoms with E-state index < -0.39 is 17.5 Å². The molecule has 3 aromatic heterocycles. The normalized spacial score (nSPS) is 17.1. The third kappa shape index (κ3) is 7.05. The van der Waals surface area contributed by atoms with Crippen molar-refractivity contribution in [2.24, 2.45) is 10.7 Å². The molecule has 0 unspecified atom stereocenters. The van der Waals surface area contributed by atoms with Gasteiger partial charge in [0, 0.05) is 47.7 Å². The lowest BCUT2D eigenvalue weighted by molar-refractivity contribution is 0.0505. The second-order valence-electron chi connectivity index (χ2n) is 11.8. The monoisotopic (exact) mass is 621 g/mol. The van der Waals surface area contributed by atoms with Crippen LogP contribution in [0.15, 0.2) is 53.9 Å². The summed E-state index contributed by atoms with van der Waals surface area (Å²) >= 11 is 6.29. The number of nitrogens with one attached hydrogen (secondary N) is 2. The summed E-state index contributed by atoms with van der Waals surface area (Å²) in [6.07, 6.45) is 7.97. The Morgan fingerprint density at radius 3 is 2.70 bits per heavy atom. The minimum Gasteiger partial charge on any atom is -0.481 e. The highest BCUT2D eigenvalue weighted by molar-refractivity contribution is 6.33. The van der Waals surface area contributed by atoms with Gasteiger partial charge in [0.2, 0.25) is 5.88 Å². The Kier molecular flexibility index (Phi) is 8.96. The number of anilines is 1. The van der Waals surface area contributed by atoms with Crippen LogP contribution in [0.2, 0.25) is 5.02 Å². The van der Waals surface area contributed by atoms with Crippen LogP contribution in [0.25, 0.3) is 16.6 Å². The molecule has 12 heteroatoms. The third-order valence-corrected chi connectivity index (χ3v) is 7.75. The van der Waals surface area contributed by atoms with E-state index in [1.54, 1.807) is 24.0 Å². The number of aromatic nitrogens is 3. The number of methoxy groups -OCH3 is 1. The number of ether oxygens (including phenoxy) is 2. The minimum atomic E-state index is -0.580. The van der Waals surface area contributed by atoms with E-state index in [4.69, 9.17) is 26.8 Å². The molecule has 0 saturated heterocycles. The van der Waals surface area contributed by atoms with Crippen molar-refractivity contribution in [2.75, 3.05) is 12.4 Å². The summed E-state index contributed by atoms with van der Waals surface area (Å²) in [5, 5.41) is 11.5. The number of rotatable bonds is 8. The number of fused-ring (bicyclic) bond motifs is 1. The van der Waals surface area contributed by atoms with Gasteiger partial charge in [-0.1, -0.05) is 18.5 Å². The van der Waals surface area contributed by atoms with Crippen LogP contribution in [0.3, 0.4) is 0 Å². The summed E-state index contributed by atoms with van der Waals surface area (Å²) in [5.74, 6) is 0.200. The highest BCUT2D eigenvalue weighted by Gasteiger charge is 2.29. The van der Waals surface area contributed by atoms with E-state index >= 15 is 0 Å².